The number of rotatable bonds is 6. The molecule has 0 aliphatic carbocycles. The number of hydrogen-bond donors (Lipinski definition) is 4. The Morgan fingerprint density at radius 2 is 1.90 bits per heavy atom. The summed E-state index contributed by atoms with van der Waals surface area (Å²) in [5, 5.41) is 18.8. The molecule has 0 spiro atoms. The van der Waals surface area contributed by atoms with Gasteiger partial charge in [-0.05, 0) is 18.2 Å². The quantitative estimate of drug-likeness (QED) is 0.611. The molecule has 0 saturated carbocycles. The van der Waals surface area contributed by atoms with Crippen LogP contribution in [-0.4, -0.2) is 41.5 Å². The van der Waals surface area contributed by atoms with Crippen LogP contribution in [0.4, 0.5) is 11.4 Å². The fraction of sp³-hybridized carbons (Fsp3) is 0.286. The number of nitrogen functional groups attached to an aromatic ring is 1. The summed E-state index contributed by atoms with van der Waals surface area (Å²) in [6.45, 7) is 0.772. The van der Waals surface area contributed by atoms with Gasteiger partial charge in [-0.25, -0.2) is 0 Å². The lowest BCUT2D eigenvalue weighted by atomic mass is 10.1. The summed E-state index contributed by atoms with van der Waals surface area (Å²) in [5.41, 5.74) is 9.19. The first-order chi connectivity index (χ1) is 9.67. The summed E-state index contributed by atoms with van der Waals surface area (Å²) in [5.74, 6) is 0. The van der Waals surface area contributed by atoms with Gasteiger partial charge in [0, 0.05) is 42.3 Å². The topological polar surface area (TPSA) is 85.5 Å². The number of aliphatic hydroxyl groups is 2. The van der Waals surface area contributed by atoms with Crippen LogP contribution in [0.2, 0.25) is 5.02 Å². The van der Waals surface area contributed by atoms with E-state index < -0.39 is 0 Å². The van der Waals surface area contributed by atoms with Gasteiger partial charge in [0.15, 0.2) is 0 Å². The van der Waals surface area contributed by atoms with Gasteiger partial charge >= 0.3 is 0 Å². The molecule has 0 aliphatic heterocycles. The molecule has 0 aliphatic rings. The van der Waals surface area contributed by atoms with Gasteiger partial charge in [-0.3, -0.25) is 0 Å². The average molecular weight is 296 g/mol. The van der Waals surface area contributed by atoms with E-state index in [0.29, 0.717) is 23.8 Å². The highest BCUT2D eigenvalue weighted by atomic mass is 35.5. The Labute approximate surface area is 122 Å². The third-order valence-corrected chi connectivity index (χ3v) is 3.41. The summed E-state index contributed by atoms with van der Waals surface area (Å²) in [6, 6.07) is 5.50. The van der Waals surface area contributed by atoms with Crippen molar-refractivity contribution in [3.8, 4) is 11.1 Å². The number of hydrogen-bond acceptors (Lipinski definition) is 4. The van der Waals surface area contributed by atoms with E-state index in [2.05, 4.69) is 4.98 Å². The molecule has 5 nitrogen and oxygen atoms in total. The van der Waals surface area contributed by atoms with E-state index in [-0.39, 0.29) is 13.2 Å². The Bertz CT molecular complexity index is 552. The number of aromatic amines is 1. The lowest BCUT2D eigenvalue weighted by Crippen LogP contribution is -2.30. The summed E-state index contributed by atoms with van der Waals surface area (Å²) < 4.78 is 0. The van der Waals surface area contributed by atoms with Crippen LogP contribution >= 0.6 is 11.6 Å². The zero-order chi connectivity index (χ0) is 14.5. The van der Waals surface area contributed by atoms with E-state index in [1.807, 2.05) is 29.4 Å². The fourth-order valence-corrected chi connectivity index (χ4v) is 2.45. The van der Waals surface area contributed by atoms with Crippen LogP contribution in [0.1, 0.15) is 0 Å². The van der Waals surface area contributed by atoms with Crippen molar-refractivity contribution in [1.82, 2.24) is 4.98 Å². The zero-order valence-electron chi connectivity index (χ0n) is 11.0. The highest BCUT2D eigenvalue weighted by Gasteiger charge is 2.14. The first-order valence-corrected chi connectivity index (χ1v) is 6.74. The molecule has 6 heteroatoms. The second-order valence-electron chi connectivity index (χ2n) is 4.42. The molecule has 0 amide bonds. The number of nitrogens with zero attached hydrogens (tertiary/aromatic N) is 1. The zero-order valence-corrected chi connectivity index (χ0v) is 11.8. The van der Waals surface area contributed by atoms with Crippen LogP contribution in [0.25, 0.3) is 11.1 Å². The number of halogens is 1. The monoisotopic (exact) mass is 295 g/mol. The van der Waals surface area contributed by atoms with Crippen LogP contribution < -0.4 is 10.6 Å². The predicted octanol–water partition coefficient (Wildman–Crippen LogP) is 1.71. The smallest absolute Gasteiger partial charge is 0.0660 e. The van der Waals surface area contributed by atoms with Crippen LogP contribution in [0.15, 0.2) is 30.6 Å². The van der Waals surface area contributed by atoms with Gasteiger partial charge in [-0.2, -0.15) is 0 Å². The Hall–Kier alpha value is -1.69. The van der Waals surface area contributed by atoms with E-state index in [9.17, 15) is 0 Å². The lowest BCUT2D eigenvalue weighted by Gasteiger charge is -2.25. The van der Waals surface area contributed by atoms with Crippen molar-refractivity contribution < 1.29 is 10.2 Å². The van der Waals surface area contributed by atoms with E-state index in [0.717, 1.165) is 16.8 Å². The van der Waals surface area contributed by atoms with Crippen LogP contribution in [-0.2, 0) is 0 Å². The molecule has 108 valence electrons. The van der Waals surface area contributed by atoms with Crippen molar-refractivity contribution in [1.29, 1.82) is 0 Å². The predicted molar refractivity (Wildman–Crippen MR) is 82.0 cm³/mol. The van der Waals surface area contributed by atoms with Crippen molar-refractivity contribution in [2.24, 2.45) is 0 Å². The van der Waals surface area contributed by atoms with Gasteiger partial charge in [-0.1, -0.05) is 11.6 Å². The third kappa shape index (κ3) is 3.07. The Kier molecular flexibility index (Phi) is 4.89. The van der Waals surface area contributed by atoms with Crippen LogP contribution in [0.5, 0.6) is 0 Å². The minimum absolute atomic E-state index is 0.0137. The number of H-pyrrole nitrogens is 1. The summed E-state index contributed by atoms with van der Waals surface area (Å²) >= 11 is 6.24. The molecular formula is C14H18ClN3O2. The van der Waals surface area contributed by atoms with Gasteiger partial charge in [0.05, 0.1) is 23.9 Å². The first kappa shape index (κ1) is 14.7. The molecule has 2 aromatic rings. The molecule has 1 heterocycles. The van der Waals surface area contributed by atoms with Crippen molar-refractivity contribution in [3.63, 3.8) is 0 Å². The first-order valence-electron chi connectivity index (χ1n) is 6.36. The normalized spacial score (nSPS) is 10.8. The van der Waals surface area contributed by atoms with E-state index in [1.165, 1.54) is 0 Å². The Morgan fingerprint density at radius 3 is 2.45 bits per heavy atom. The molecule has 1 aromatic heterocycles. The van der Waals surface area contributed by atoms with Crippen molar-refractivity contribution in [2.75, 3.05) is 36.9 Å². The largest absolute Gasteiger partial charge is 0.398 e. The Morgan fingerprint density at radius 1 is 1.20 bits per heavy atom. The van der Waals surface area contributed by atoms with Crippen molar-refractivity contribution in [2.45, 2.75) is 0 Å². The molecule has 20 heavy (non-hydrogen) atoms. The number of nitrogens with two attached hydrogens (primary N) is 1. The maximum absolute atomic E-state index is 9.13. The van der Waals surface area contributed by atoms with E-state index in [1.54, 1.807) is 6.07 Å². The summed E-state index contributed by atoms with van der Waals surface area (Å²) in [6.07, 6.45) is 3.67. The SMILES string of the molecule is Nc1cc(Cl)c(N(CCO)CCO)cc1-c1cc[nH]c1. The third-order valence-electron chi connectivity index (χ3n) is 3.11. The Balaban J connectivity index is 2.44. The van der Waals surface area contributed by atoms with E-state index >= 15 is 0 Å². The second kappa shape index (κ2) is 6.65. The molecule has 5 N–H and O–H groups in total. The number of aromatic nitrogens is 1. The molecule has 0 radical (unpaired) electrons. The van der Waals surface area contributed by atoms with Gasteiger partial charge in [-0.15, -0.1) is 0 Å². The summed E-state index contributed by atoms with van der Waals surface area (Å²) in [4.78, 5) is 4.82. The van der Waals surface area contributed by atoms with Gasteiger partial charge in [0.1, 0.15) is 0 Å². The highest BCUT2D eigenvalue weighted by molar-refractivity contribution is 6.33. The molecule has 0 fully saturated rings. The van der Waals surface area contributed by atoms with Gasteiger partial charge in [0.2, 0.25) is 0 Å². The number of benzene rings is 1. The molecule has 2 rings (SSSR count). The van der Waals surface area contributed by atoms with Crippen molar-refractivity contribution >= 4 is 23.0 Å². The molecular weight excluding hydrogens is 278 g/mol. The number of aliphatic hydroxyl groups excluding tert-OH is 2. The second-order valence-corrected chi connectivity index (χ2v) is 4.83. The molecule has 0 unspecified atom stereocenters. The summed E-state index contributed by atoms with van der Waals surface area (Å²) in [7, 11) is 0. The maximum atomic E-state index is 9.13. The number of nitrogens with one attached hydrogen (secondary N) is 1. The van der Waals surface area contributed by atoms with Crippen LogP contribution in [0.3, 0.4) is 0 Å². The van der Waals surface area contributed by atoms with E-state index in [4.69, 9.17) is 27.5 Å². The minimum Gasteiger partial charge on any atom is -0.398 e. The lowest BCUT2D eigenvalue weighted by molar-refractivity contribution is 0.281. The maximum Gasteiger partial charge on any atom is 0.0660 e. The fourth-order valence-electron chi connectivity index (χ4n) is 2.16. The highest BCUT2D eigenvalue weighted by Crippen LogP contribution is 2.36. The van der Waals surface area contributed by atoms with Gasteiger partial charge in [0.25, 0.3) is 0 Å². The minimum atomic E-state index is -0.0137. The van der Waals surface area contributed by atoms with Crippen molar-refractivity contribution in [3.05, 3.63) is 35.6 Å². The average Bonchev–Trinajstić information content (AvgIpc) is 2.92. The molecule has 0 bridgehead atoms. The van der Waals surface area contributed by atoms with Crippen LogP contribution in [0, 0.1) is 0 Å². The molecule has 0 atom stereocenters. The molecule has 1 aromatic carbocycles. The molecule has 0 saturated heterocycles. The standard InChI is InChI=1S/C14H18ClN3O2/c15-12-8-13(16)11(10-1-2-17-9-10)7-14(12)18(3-5-19)4-6-20/h1-2,7-9,17,19-20H,3-6,16H2. The number of anilines is 2. The van der Waals surface area contributed by atoms with Gasteiger partial charge < -0.3 is 25.8 Å².